The molecule has 0 aliphatic carbocycles. The fraction of sp³-hybridized carbons (Fsp3) is 0.417. The van der Waals surface area contributed by atoms with Gasteiger partial charge in [-0.2, -0.15) is 0 Å². The van der Waals surface area contributed by atoms with Crippen LogP contribution in [0.3, 0.4) is 0 Å². The van der Waals surface area contributed by atoms with E-state index in [-0.39, 0.29) is 11.7 Å². The van der Waals surface area contributed by atoms with Crippen molar-refractivity contribution < 1.29 is 14.3 Å². The molecule has 0 saturated carbocycles. The van der Waals surface area contributed by atoms with E-state index in [1.165, 1.54) is 23.1 Å². The third-order valence-electron chi connectivity index (χ3n) is 2.34. The van der Waals surface area contributed by atoms with Gasteiger partial charge in [-0.25, -0.2) is 9.78 Å². The summed E-state index contributed by atoms with van der Waals surface area (Å²) >= 11 is 3.86. The van der Waals surface area contributed by atoms with Crippen molar-refractivity contribution in [1.29, 1.82) is 0 Å². The van der Waals surface area contributed by atoms with Crippen molar-refractivity contribution in [1.82, 2.24) is 15.2 Å². The first kappa shape index (κ1) is 16.8. The lowest BCUT2D eigenvalue weighted by molar-refractivity contribution is -0.113. The van der Waals surface area contributed by atoms with E-state index < -0.39 is 5.97 Å². The number of anilines is 1. The van der Waals surface area contributed by atoms with Gasteiger partial charge in [-0.1, -0.05) is 34.4 Å². The van der Waals surface area contributed by atoms with Crippen molar-refractivity contribution in [2.45, 2.75) is 25.1 Å². The van der Waals surface area contributed by atoms with Crippen LogP contribution >= 0.6 is 34.4 Å². The van der Waals surface area contributed by atoms with Crippen molar-refractivity contribution in [2.75, 3.05) is 17.7 Å². The van der Waals surface area contributed by atoms with Gasteiger partial charge in [0.05, 0.1) is 18.1 Å². The van der Waals surface area contributed by atoms with Crippen molar-refractivity contribution in [3.8, 4) is 0 Å². The Hall–Kier alpha value is -1.52. The minimum Gasteiger partial charge on any atom is -0.462 e. The molecule has 2 aromatic rings. The highest BCUT2D eigenvalue weighted by Crippen LogP contribution is 2.25. The zero-order valence-electron chi connectivity index (χ0n) is 12.2. The van der Waals surface area contributed by atoms with Crippen molar-refractivity contribution >= 4 is 51.4 Å². The van der Waals surface area contributed by atoms with Gasteiger partial charge in [-0.3, -0.25) is 4.79 Å². The Labute approximate surface area is 139 Å². The highest BCUT2D eigenvalue weighted by atomic mass is 32.2. The molecule has 0 fully saturated rings. The number of aryl methyl sites for hydroxylation is 2. The summed E-state index contributed by atoms with van der Waals surface area (Å²) in [5.74, 6) is -0.416. The average Bonchev–Trinajstić information content (AvgIpc) is 3.03. The zero-order chi connectivity index (χ0) is 16.1. The van der Waals surface area contributed by atoms with Gasteiger partial charge >= 0.3 is 5.97 Å². The smallest absolute Gasteiger partial charge is 0.350 e. The van der Waals surface area contributed by atoms with Crippen LogP contribution in [0, 0.1) is 13.8 Å². The molecule has 2 heterocycles. The number of aromatic nitrogens is 3. The molecule has 0 saturated heterocycles. The molecule has 0 atom stereocenters. The SMILES string of the molecule is CCOC(=O)c1sc(NC(=O)CSc2nnc(C)s2)nc1C. The van der Waals surface area contributed by atoms with E-state index in [0.717, 1.165) is 20.7 Å². The van der Waals surface area contributed by atoms with Crippen LogP contribution in [-0.4, -0.2) is 39.4 Å². The summed E-state index contributed by atoms with van der Waals surface area (Å²) in [6.07, 6.45) is 0. The third kappa shape index (κ3) is 4.49. The molecular formula is C12H14N4O3S3. The van der Waals surface area contributed by atoms with Gasteiger partial charge < -0.3 is 10.1 Å². The van der Waals surface area contributed by atoms with Crippen LogP contribution in [0.4, 0.5) is 5.13 Å². The lowest BCUT2D eigenvalue weighted by atomic mass is 10.4. The summed E-state index contributed by atoms with van der Waals surface area (Å²) in [6.45, 7) is 5.60. The minimum atomic E-state index is -0.420. The summed E-state index contributed by atoms with van der Waals surface area (Å²) in [4.78, 5) is 28.2. The molecule has 1 amide bonds. The van der Waals surface area contributed by atoms with Crippen LogP contribution in [0.2, 0.25) is 0 Å². The fourth-order valence-electron chi connectivity index (χ4n) is 1.46. The first-order chi connectivity index (χ1) is 10.5. The molecule has 0 aromatic carbocycles. The number of thiazole rings is 1. The number of ether oxygens (including phenoxy) is 1. The van der Waals surface area contributed by atoms with Gasteiger partial charge in [0.15, 0.2) is 9.47 Å². The Morgan fingerprint density at radius 3 is 2.68 bits per heavy atom. The van der Waals surface area contributed by atoms with Gasteiger partial charge in [-0.05, 0) is 20.8 Å². The Balaban J connectivity index is 1.91. The maximum Gasteiger partial charge on any atom is 0.350 e. The Morgan fingerprint density at radius 2 is 2.05 bits per heavy atom. The number of esters is 1. The van der Waals surface area contributed by atoms with Gasteiger partial charge in [0.25, 0.3) is 0 Å². The van der Waals surface area contributed by atoms with Crippen LogP contribution < -0.4 is 5.32 Å². The molecule has 0 aliphatic rings. The van der Waals surface area contributed by atoms with Crippen LogP contribution in [0.25, 0.3) is 0 Å². The Kier molecular flexibility index (Phi) is 5.86. The molecule has 10 heteroatoms. The fourth-order valence-corrected chi connectivity index (χ4v) is 3.95. The van der Waals surface area contributed by atoms with Gasteiger partial charge in [-0.15, -0.1) is 10.2 Å². The number of nitrogens with one attached hydrogen (secondary N) is 1. The van der Waals surface area contributed by atoms with Crippen molar-refractivity contribution in [3.05, 3.63) is 15.6 Å². The second kappa shape index (κ2) is 7.65. The summed E-state index contributed by atoms with van der Waals surface area (Å²) in [5, 5.41) is 11.7. The lowest BCUT2D eigenvalue weighted by Crippen LogP contribution is -2.13. The zero-order valence-corrected chi connectivity index (χ0v) is 14.7. The van der Waals surface area contributed by atoms with Crippen LogP contribution in [0.1, 0.15) is 27.3 Å². The van der Waals surface area contributed by atoms with Gasteiger partial charge in [0, 0.05) is 0 Å². The van der Waals surface area contributed by atoms with E-state index >= 15 is 0 Å². The molecule has 7 nitrogen and oxygen atoms in total. The monoisotopic (exact) mass is 358 g/mol. The Bertz CT molecular complexity index is 683. The predicted octanol–water partition coefficient (Wildman–Crippen LogP) is 2.52. The molecule has 0 aliphatic heterocycles. The molecule has 0 unspecified atom stereocenters. The Morgan fingerprint density at radius 1 is 1.27 bits per heavy atom. The normalized spacial score (nSPS) is 10.5. The number of carbonyl (C=O) groups excluding carboxylic acids is 2. The second-order valence-electron chi connectivity index (χ2n) is 4.08. The summed E-state index contributed by atoms with van der Waals surface area (Å²) in [5.41, 5.74) is 0.547. The molecule has 22 heavy (non-hydrogen) atoms. The van der Waals surface area contributed by atoms with E-state index in [4.69, 9.17) is 4.74 Å². The first-order valence-electron chi connectivity index (χ1n) is 6.37. The highest BCUT2D eigenvalue weighted by molar-refractivity contribution is 8.01. The summed E-state index contributed by atoms with van der Waals surface area (Å²) in [7, 11) is 0. The number of hydrogen-bond acceptors (Lipinski definition) is 9. The predicted molar refractivity (Wildman–Crippen MR) is 86.8 cm³/mol. The van der Waals surface area contributed by atoms with E-state index in [1.807, 2.05) is 6.92 Å². The topological polar surface area (TPSA) is 94.1 Å². The van der Waals surface area contributed by atoms with Crippen LogP contribution in [0.5, 0.6) is 0 Å². The number of rotatable bonds is 6. The van der Waals surface area contributed by atoms with E-state index in [0.29, 0.717) is 22.3 Å². The number of amides is 1. The molecule has 2 rings (SSSR count). The molecule has 0 bridgehead atoms. The van der Waals surface area contributed by atoms with E-state index in [1.54, 1.807) is 13.8 Å². The first-order valence-corrected chi connectivity index (χ1v) is 8.98. The summed E-state index contributed by atoms with van der Waals surface area (Å²) in [6, 6.07) is 0. The van der Waals surface area contributed by atoms with Crippen LogP contribution in [0.15, 0.2) is 4.34 Å². The number of nitrogens with zero attached hydrogens (tertiary/aromatic N) is 3. The summed E-state index contributed by atoms with van der Waals surface area (Å²) < 4.78 is 5.68. The molecule has 0 radical (unpaired) electrons. The molecule has 2 aromatic heterocycles. The molecule has 1 N–H and O–H groups in total. The lowest BCUT2D eigenvalue weighted by Gasteiger charge is -1.99. The van der Waals surface area contributed by atoms with Crippen molar-refractivity contribution in [2.24, 2.45) is 0 Å². The maximum absolute atomic E-state index is 11.9. The molecule has 118 valence electrons. The third-order valence-corrected chi connectivity index (χ3v) is 5.36. The number of carbonyl (C=O) groups is 2. The highest BCUT2D eigenvalue weighted by Gasteiger charge is 2.17. The number of hydrogen-bond donors (Lipinski definition) is 1. The number of thioether (sulfide) groups is 1. The quantitative estimate of drug-likeness (QED) is 0.626. The molecule has 0 spiro atoms. The van der Waals surface area contributed by atoms with Crippen molar-refractivity contribution in [3.63, 3.8) is 0 Å². The van der Waals surface area contributed by atoms with Gasteiger partial charge in [0.2, 0.25) is 5.91 Å². The van der Waals surface area contributed by atoms with E-state index in [9.17, 15) is 9.59 Å². The van der Waals surface area contributed by atoms with Gasteiger partial charge in [0.1, 0.15) is 9.88 Å². The second-order valence-corrected chi connectivity index (χ2v) is 7.48. The maximum atomic E-state index is 11.9. The standard InChI is InChI=1S/C12H14N4O3S3/c1-4-19-10(18)9-6(2)13-11(22-9)14-8(17)5-20-12-16-15-7(3)21-12/h4-5H2,1-3H3,(H,13,14,17). The molecular weight excluding hydrogens is 344 g/mol. The van der Waals surface area contributed by atoms with E-state index in [2.05, 4.69) is 20.5 Å². The largest absolute Gasteiger partial charge is 0.462 e. The average molecular weight is 358 g/mol. The minimum absolute atomic E-state index is 0.206. The van der Waals surface area contributed by atoms with Crippen LogP contribution in [-0.2, 0) is 9.53 Å².